The van der Waals surface area contributed by atoms with Gasteiger partial charge in [0.05, 0.1) is 6.33 Å². The Balaban J connectivity index is 1.53. The number of hydrogen-bond donors (Lipinski definition) is 1. The predicted octanol–water partition coefficient (Wildman–Crippen LogP) is -1.52. The minimum absolute atomic E-state index is 0.0405. The number of ether oxygens (including phenoxy) is 4. The number of pyridine rings is 1. The van der Waals surface area contributed by atoms with E-state index in [1.54, 1.807) is 19.3 Å². The van der Waals surface area contributed by atoms with E-state index in [1.807, 2.05) is 0 Å². The van der Waals surface area contributed by atoms with Crippen LogP contribution in [0.3, 0.4) is 0 Å². The van der Waals surface area contributed by atoms with E-state index < -0.39 is 59.6 Å². The summed E-state index contributed by atoms with van der Waals surface area (Å²) in [5.74, 6) is -2.44. The van der Waals surface area contributed by atoms with Gasteiger partial charge in [0.15, 0.2) is 29.7 Å². The molecule has 1 aliphatic rings. The van der Waals surface area contributed by atoms with E-state index in [0.29, 0.717) is 0 Å². The number of aromatic nitrogens is 5. The summed E-state index contributed by atoms with van der Waals surface area (Å²) >= 11 is 0. The summed E-state index contributed by atoms with van der Waals surface area (Å²) in [5, 5.41) is 2.68. The Morgan fingerprint density at radius 1 is 1.05 bits per heavy atom. The first kappa shape index (κ1) is 30.1. The molecular weight excluding hydrogens is 556 g/mol. The standard InChI is InChI=1S/C26H30N6O10/c1-14(33)39-12-18-20(40-15(2)34)21(41-16(3)35)25(42-18)31-9-6-7-17(11-31)23(36)27-8-10-32-24(37)19-22(28-13-29(19)4)30(5)26(32)38/h6-7,9,11,13,18,20-21,25H,8,10,12H2,1-5H3/p+1/t18-,20-,21-,25-/m1/s1. The molecule has 1 N–H and O–H groups in total. The zero-order valence-electron chi connectivity index (χ0n) is 23.6. The lowest BCUT2D eigenvalue weighted by molar-refractivity contribution is -0.765. The monoisotopic (exact) mass is 587 g/mol. The lowest BCUT2D eigenvalue weighted by Gasteiger charge is -2.21. The summed E-state index contributed by atoms with van der Waals surface area (Å²) in [5.41, 5.74) is -0.407. The molecule has 1 amide bonds. The fourth-order valence-electron chi connectivity index (χ4n) is 4.69. The topological polar surface area (TPSA) is 183 Å². The van der Waals surface area contributed by atoms with Gasteiger partial charge in [-0.2, -0.15) is 4.57 Å². The number of fused-ring (bicyclic) bond motifs is 1. The van der Waals surface area contributed by atoms with Crippen molar-refractivity contribution >= 4 is 35.0 Å². The van der Waals surface area contributed by atoms with Crippen molar-refractivity contribution in [3.63, 3.8) is 0 Å². The van der Waals surface area contributed by atoms with Crippen LogP contribution in [0.25, 0.3) is 11.2 Å². The van der Waals surface area contributed by atoms with Crippen LogP contribution in [0.2, 0.25) is 0 Å². The van der Waals surface area contributed by atoms with Gasteiger partial charge in [-0.3, -0.25) is 33.1 Å². The normalized spacial score (nSPS) is 19.8. The maximum Gasteiger partial charge on any atom is 0.332 e. The van der Waals surface area contributed by atoms with E-state index >= 15 is 0 Å². The van der Waals surface area contributed by atoms with Crippen LogP contribution in [0, 0.1) is 0 Å². The Kier molecular flexibility index (Phi) is 8.84. The average molecular weight is 588 g/mol. The molecule has 1 aliphatic heterocycles. The van der Waals surface area contributed by atoms with E-state index in [9.17, 15) is 28.8 Å². The fourth-order valence-corrected chi connectivity index (χ4v) is 4.69. The second-order valence-electron chi connectivity index (χ2n) is 9.64. The van der Waals surface area contributed by atoms with Gasteiger partial charge in [0.25, 0.3) is 11.5 Å². The highest BCUT2D eigenvalue weighted by molar-refractivity contribution is 5.93. The van der Waals surface area contributed by atoms with Crippen molar-refractivity contribution in [2.45, 2.75) is 51.9 Å². The molecule has 0 bridgehead atoms. The van der Waals surface area contributed by atoms with Crippen molar-refractivity contribution in [2.24, 2.45) is 14.1 Å². The summed E-state index contributed by atoms with van der Waals surface area (Å²) in [6.07, 6.45) is 0.202. The highest BCUT2D eigenvalue weighted by Gasteiger charge is 2.54. The van der Waals surface area contributed by atoms with Gasteiger partial charge in [0.1, 0.15) is 18.3 Å². The molecule has 4 atom stereocenters. The lowest BCUT2D eigenvalue weighted by atomic mass is 10.1. The first-order valence-corrected chi connectivity index (χ1v) is 12.9. The highest BCUT2D eigenvalue weighted by Crippen LogP contribution is 2.31. The first-order valence-electron chi connectivity index (χ1n) is 12.9. The number of nitrogens with zero attached hydrogens (tertiary/aromatic N) is 5. The number of imidazole rings is 1. The molecule has 16 nitrogen and oxygen atoms in total. The van der Waals surface area contributed by atoms with Crippen LogP contribution in [0.1, 0.15) is 37.4 Å². The van der Waals surface area contributed by atoms with Gasteiger partial charge in [0, 0.05) is 54.0 Å². The smallest absolute Gasteiger partial charge is 0.332 e. The summed E-state index contributed by atoms with van der Waals surface area (Å²) < 4.78 is 27.1. The Bertz CT molecular complexity index is 1660. The molecule has 4 rings (SSSR count). The average Bonchev–Trinajstić information content (AvgIpc) is 3.47. The molecule has 224 valence electrons. The maximum atomic E-state index is 13.0. The van der Waals surface area contributed by atoms with Gasteiger partial charge in [-0.25, -0.2) is 9.78 Å². The Morgan fingerprint density at radius 2 is 1.74 bits per heavy atom. The van der Waals surface area contributed by atoms with Gasteiger partial charge < -0.3 is 28.8 Å². The van der Waals surface area contributed by atoms with Crippen molar-refractivity contribution < 1.29 is 42.7 Å². The fraction of sp³-hybridized carbons (Fsp3) is 0.462. The number of esters is 3. The van der Waals surface area contributed by atoms with Crippen molar-refractivity contribution in [1.82, 2.24) is 24.0 Å². The minimum Gasteiger partial charge on any atom is -0.463 e. The highest BCUT2D eigenvalue weighted by atomic mass is 16.7. The van der Waals surface area contributed by atoms with Crippen LogP contribution >= 0.6 is 0 Å². The SMILES string of the molecule is CC(=O)OC[C@H]1O[C@@H]([n+]2cccc(C(=O)NCCn3c(=O)c4c(ncn4C)n(C)c3=O)c2)[C@H](OC(C)=O)[C@@H]1OC(C)=O. The van der Waals surface area contributed by atoms with E-state index in [0.717, 1.165) is 4.57 Å². The molecule has 0 unspecified atom stereocenters. The zero-order chi connectivity index (χ0) is 30.7. The van der Waals surface area contributed by atoms with Gasteiger partial charge >= 0.3 is 29.8 Å². The molecule has 1 saturated heterocycles. The van der Waals surface area contributed by atoms with Crippen LogP contribution in [-0.4, -0.2) is 74.0 Å². The van der Waals surface area contributed by atoms with Gasteiger partial charge in [-0.15, -0.1) is 0 Å². The molecule has 1 fully saturated rings. The molecule has 4 heterocycles. The largest absolute Gasteiger partial charge is 0.463 e. The summed E-state index contributed by atoms with van der Waals surface area (Å²) in [6.45, 7) is 3.16. The molecule has 16 heteroatoms. The minimum atomic E-state index is -1.12. The first-order chi connectivity index (χ1) is 19.9. The Labute approximate surface area is 238 Å². The third-order valence-corrected chi connectivity index (χ3v) is 6.54. The molecule has 42 heavy (non-hydrogen) atoms. The van der Waals surface area contributed by atoms with Gasteiger partial charge in [0.2, 0.25) is 6.10 Å². The molecule has 0 aromatic carbocycles. The van der Waals surface area contributed by atoms with Crippen molar-refractivity contribution in [3.05, 3.63) is 57.3 Å². The summed E-state index contributed by atoms with van der Waals surface area (Å²) in [7, 11) is 3.15. The maximum absolute atomic E-state index is 13.0. The third kappa shape index (κ3) is 6.22. The van der Waals surface area contributed by atoms with Crippen LogP contribution < -0.4 is 21.1 Å². The number of nitrogens with one attached hydrogen (secondary N) is 1. The van der Waals surface area contributed by atoms with Crippen LogP contribution in [0.4, 0.5) is 0 Å². The number of carbonyl (C=O) groups excluding carboxylic acids is 4. The van der Waals surface area contributed by atoms with Gasteiger partial charge in [-0.1, -0.05) is 0 Å². The summed E-state index contributed by atoms with van der Waals surface area (Å²) in [4.78, 5) is 77.8. The molecule has 0 aliphatic carbocycles. The van der Waals surface area contributed by atoms with Crippen LogP contribution in [0.5, 0.6) is 0 Å². The molecule has 0 saturated carbocycles. The van der Waals surface area contributed by atoms with Gasteiger partial charge in [-0.05, 0) is 6.07 Å². The van der Waals surface area contributed by atoms with Crippen molar-refractivity contribution in [2.75, 3.05) is 13.2 Å². The number of hydrogen-bond acceptors (Lipinski definition) is 11. The molecule has 0 spiro atoms. The molecule has 0 radical (unpaired) electrons. The van der Waals surface area contributed by atoms with Crippen LogP contribution in [-0.2, 0) is 54.0 Å². The van der Waals surface area contributed by atoms with E-state index in [2.05, 4.69) is 10.3 Å². The van der Waals surface area contributed by atoms with E-state index in [-0.39, 0.29) is 36.4 Å². The second-order valence-corrected chi connectivity index (χ2v) is 9.64. The number of aryl methyl sites for hydroxylation is 2. The molecule has 3 aromatic rings. The Hall–Kier alpha value is -4.86. The lowest BCUT2D eigenvalue weighted by Crippen LogP contribution is -2.49. The summed E-state index contributed by atoms with van der Waals surface area (Å²) in [6, 6.07) is 3.08. The van der Waals surface area contributed by atoms with E-state index in [4.69, 9.17) is 18.9 Å². The van der Waals surface area contributed by atoms with E-state index in [1.165, 1.54) is 60.1 Å². The predicted molar refractivity (Wildman–Crippen MR) is 141 cm³/mol. The van der Waals surface area contributed by atoms with Crippen molar-refractivity contribution in [3.8, 4) is 0 Å². The quantitative estimate of drug-likeness (QED) is 0.174. The van der Waals surface area contributed by atoms with Crippen LogP contribution in [0.15, 0.2) is 40.4 Å². The second kappa shape index (κ2) is 12.3. The Morgan fingerprint density at radius 3 is 2.40 bits per heavy atom. The molecular formula is C26H31N6O10+. The number of carbonyl (C=O) groups is 4. The zero-order valence-corrected chi connectivity index (χ0v) is 23.6. The molecule has 3 aromatic heterocycles. The number of rotatable bonds is 9. The van der Waals surface area contributed by atoms with Crippen molar-refractivity contribution in [1.29, 1.82) is 0 Å². The number of amides is 1. The third-order valence-electron chi connectivity index (χ3n) is 6.54.